The van der Waals surface area contributed by atoms with Gasteiger partial charge in [-0.25, -0.2) is 8.42 Å². The zero-order valence-corrected chi connectivity index (χ0v) is 10.8. The maximum atomic E-state index is 12.2. The van der Waals surface area contributed by atoms with Gasteiger partial charge in [0, 0.05) is 13.1 Å². The number of rotatable bonds is 2. The molecule has 0 unspecified atom stereocenters. The third-order valence-electron chi connectivity index (χ3n) is 2.56. The zero-order valence-electron chi connectivity index (χ0n) is 9.27. The molecular formula is C11H14ClNO2S. The van der Waals surface area contributed by atoms with E-state index in [2.05, 4.69) is 0 Å². The molecule has 0 radical (unpaired) electrons. The summed E-state index contributed by atoms with van der Waals surface area (Å²) in [6.07, 6.45) is 0. The lowest BCUT2D eigenvalue weighted by Gasteiger charge is -2.16. The van der Waals surface area contributed by atoms with E-state index in [1.807, 2.05) is 19.9 Å². The lowest BCUT2D eigenvalue weighted by atomic mass is 10.2. The second-order valence-electron chi connectivity index (χ2n) is 4.42. The van der Waals surface area contributed by atoms with Gasteiger partial charge in [-0.3, -0.25) is 0 Å². The molecule has 0 saturated carbocycles. The molecule has 1 aromatic carbocycles. The monoisotopic (exact) mass is 259 g/mol. The van der Waals surface area contributed by atoms with Crippen LogP contribution < -0.4 is 0 Å². The average molecular weight is 260 g/mol. The maximum absolute atomic E-state index is 12.2. The Kier molecular flexibility index (Phi) is 2.99. The van der Waals surface area contributed by atoms with Crippen LogP contribution in [0, 0.1) is 5.92 Å². The van der Waals surface area contributed by atoms with Crippen molar-refractivity contribution in [2.24, 2.45) is 5.92 Å². The molecule has 0 aliphatic carbocycles. The number of benzene rings is 1. The first-order chi connectivity index (χ1) is 7.43. The summed E-state index contributed by atoms with van der Waals surface area (Å²) in [4.78, 5) is 0.289. The van der Waals surface area contributed by atoms with Crippen molar-refractivity contribution in [2.75, 3.05) is 6.54 Å². The summed E-state index contributed by atoms with van der Waals surface area (Å²) in [6, 6.07) is 5.23. The van der Waals surface area contributed by atoms with Gasteiger partial charge in [0.25, 0.3) is 0 Å². The molecule has 5 heteroatoms. The van der Waals surface area contributed by atoms with Gasteiger partial charge in [-0.1, -0.05) is 37.6 Å². The lowest BCUT2D eigenvalue weighted by Crippen LogP contribution is -2.28. The first kappa shape index (κ1) is 11.9. The maximum Gasteiger partial charge on any atom is 0.245 e. The molecule has 1 heterocycles. The second-order valence-corrected chi connectivity index (χ2v) is 6.70. The van der Waals surface area contributed by atoms with Crippen molar-refractivity contribution in [3.05, 3.63) is 28.8 Å². The molecule has 0 bridgehead atoms. The Bertz CT molecular complexity index is 511. The fraction of sp³-hybridized carbons (Fsp3) is 0.455. The number of halogens is 1. The largest absolute Gasteiger partial charge is 0.245 e. The van der Waals surface area contributed by atoms with Crippen molar-refractivity contribution in [2.45, 2.75) is 25.3 Å². The minimum atomic E-state index is -3.37. The van der Waals surface area contributed by atoms with Crippen LogP contribution in [0.5, 0.6) is 0 Å². The first-order valence-corrected chi connectivity index (χ1v) is 7.02. The van der Waals surface area contributed by atoms with Crippen LogP contribution in [-0.4, -0.2) is 19.3 Å². The van der Waals surface area contributed by atoms with E-state index in [0.29, 0.717) is 24.0 Å². The molecule has 2 rings (SSSR count). The van der Waals surface area contributed by atoms with Crippen LogP contribution in [0.15, 0.2) is 23.1 Å². The van der Waals surface area contributed by atoms with Crippen molar-refractivity contribution >= 4 is 21.6 Å². The zero-order chi connectivity index (χ0) is 11.9. The molecule has 0 spiro atoms. The predicted octanol–water partition coefficient (Wildman–Crippen LogP) is 2.50. The van der Waals surface area contributed by atoms with Crippen LogP contribution in [-0.2, 0) is 16.6 Å². The smallest absolute Gasteiger partial charge is 0.207 e. The van der Waals surface area contributed by atoms with Crippen LogP contribution in [0.1, 0.15) is 19.4 Å². The molecule has 0 amide bonds. The molecule has 0 atom stereocenters. The molecule has 1 aromatic rings. The van der Waals surface area contributed by atoms with Crippen LogP contribution in [0.4, 0.5) is 0 Å². The van der Waals surface area contributed by atoms with E-state index < -0.39 is 10.0 Å². The molecule has 1 aliphatic rings. The van der Waals surface area contributed by atoms with Gasteiger partial charge in [0.05, 0.1) is 5.02 Å². The van der Waals surface area contributed by atoms with Gasteiger partial charge in [0.1, 0.15) is 4.90 Å². The van der Waals surface area contributed by atoms with E-state index in [0.717, 1.165) is 5.56 Å². The fourth-order valence-corrected chi connectivity index (χ4v) is 4.27. The number of fused-ring (bicyclic) bond motifs is 1. The molecule has 0 saturated heterocycles. The molecule has 0 fully saturated rings. The summed E-state index contributed by atoms with van der Waals surface area (Å²) in [5.74, 6) is 0.308. The normalized spacial score (nSPS) is 19.0. The standard InChI is InChI=1S/C11H14ClNO2S/c1-8(2)6-13-7-9-4-3-5-10(12)11(9)16(13,14)15/h3-5,8H,6-7H2,1-2H3. The van der Waals surface area contributed by atoms with Crippen molar-refractivity contribution in [3.8, 4) is 0 Å². The molecular weight excluding hydrogens is 246 g/mol. The highest BCUT2D eigenvalue weighted by atomic mass is 35.5. The van der Waals surface area contributed by atoms with Gasteiger partial charge < -0.3 is 0 Å². The van der Waals surface area contributed by atoms with Gasteiger partial charge in [0.15, 0.2) is 0 Å². The van der Waals surface area contributed by atoms with E-state index in [9.17, 15) is 8.42 Å². The van der Waals surface area contributed by atoms with Crippen molar-refractivity contribution in [3.63, 3.8) is 0 Å². The Hall–Kier alpha value is -0.580. The summed E-state index contributed by atoms with van der Waals surface area (Å²) in [6.45, 7) is 4.98. The quantitative estimate of drug-likeness (QED) is 0.818. The minimum absolute atomic E-state index is 0.289. The summed E-state index contributed by atoms with van der Waals surface area (Å²) >= 11 is 5.95. The minimum Gasteiger partial charge on any atom is -0.207 e. The fourth-order valence-electron chi connectivity index (χ4n) is 1.94. The second kappa shape index (κ2) is 4.02. The number of nitrogens with zero attached hydrogens (tertiary/aromatic N) is 1. The van der Waals surface area contributed by atoms with E-state index >= 15 is 0 Å². The Morgan fingerprint density at radius 2 is 2.12 bits per heavy atom. The Morgan fingerprint density at radius 1 is 1.44 bits per heavy atom. The third-order valence-corrected chi connectivity index (χ3v) is 4.94. The molecule has 1 aliphatic heterocycles. The average Bonchev–Trinajstić information content (AvgIpc) is 2.38. The van der Waals surface area contributed by atoms with E-state index in [-0.39, 0.29) is 4.90 Å². The van der Waals surface area contributed by atoms with Crippen molar-refractivity contribution in [1.29, 1.82) is 0 Å². The highest BCUT2D eigenvalue weighted by Crippen LogP contribution is 2.35. The Balaban J connectivity index is 2.47. The van der Waals surface area contributed by atoms with Crippen molar-refractivity contribution in [1.82, 2.24) is 4.31 Å². The summed E-state index contributed by atoms with van der Waals surface area (Å²) in [7, 11) is -3.37. The van der Waals surface area contributed by atoms with Gasteiger partial charge in [-0.05, 0) is 17.5 Å². The van der Waals surface area contributed by atoms with E-state index in [1.54, 1.807) is 12.1 Å². The van der Waals surface area contributed by atoms with E-state index in [1.165, 1.54) is 4.31 Å². The molecule has 0 aromatic heterocycles. The SMILES string of the molecule is CC(C)CN1Cc2cccc(Cl)c2S1(=O)=O. The van der Waals surface area contributed by atoms with Gasteiger partial charge in [-0.2, -0.15) is 4.31 Å². The third kappa shape index (κ3) is 1.85. The number of sulfonamides is 1. The van der Waals surface area contributed by atoms with Gasteiger partial charge in [0.2, 0.25) is 10.0 Å². The first-order valence-electron chi connectivity index (χ1n) is 5.20. The summed E-state index contributed by atoms with van der Waals surface area (Å²) < 4.78 is 25.9. The topological polar surface area (TPSA) is 37.4 Å². The molecule has 88 valence electrons. The van der Waals surface area contributed by atoms with Crippen LogP contribution in [0.25, 0.3) is 0 Å². The van der Waals surface area contributed by atoms with Crippen LogP contribution >= 0.6 is 11.6 Å². The Labute approximate surface area is 101 Å². The number of hydrogen-bond acceptors (Lipinski definition) is 2. The number of hydrogen-bond donors (Lipinski definition) is 0. The van der Waals surface area contributed by atoms with Crippen LogP contribution in [0.3, 0.4) is 0 Å². The summed E-state index contributed by atoms with van der Waals surface area (Å²) in [5.41, 5.74) is 0.799. The summed E-state index contributed by atoms with van der Waals surface area (Å²) in [5, 5.41) is 0.323. The predicted molar refractivity (Wildman–Crippen MR) is 63.9 cm³/mol. The Morgan fingerprint density at radius 3 is 2.69 bits per heavy atom. The van der Waals surface area contributed by atoms with Crippen molar-refractivity contribution < 1.29 is 8.42 Å². The molecule has 3 nitrogen and oxygen atoms in total. The molecule has 0 N–H and O–H groups in total. The highest BCUT2D eigenvalue weighted by Gasteiger charge is 2.36. The van der Waals surface area contributed by atoms with Crippen LogP contribution in [0.2, 0.25) is 5.02 Å². The lowest BCUT2D eigenvalue weighted by molar-refractivity contribution is 0.376. The van der Waals surface area contributed by atoms with Gasteiger partial charge >= 0.3 is 0 Å². The van der Waals surface area contributed by atoms with Gasteiger partial charge in [-0.15, -0.1) is 0 Å². The molecule has 16 heavy (non-hydrogen) atoms. The highest BCUT2D eigenvalue weighted by molar-refractivity contribution is 7.89. The van der Waals surface area contributed by atoms with E-state index in [4.69, 9.17) is 11.6 Å².